The number of hydrogen-bond acceptors (Lipinski definition) is 1. The van der Waals surface area contributed by atoms with Crippen LogP contribution in [0.15, 0.2) is 11.6 Å². The van der Waals surface area contributed by atoms with Crippen LogP contribution < -0.4 is 0 Å². The molecule has 0 unspecified atom stereocenters. The molecule has 0 bridgehead atoms. The summed E-state index contributed by atoms with van der Waals surface area (Å²) in [6.07, 6.45) is 6.51. The minimum absolute atomic E-state index is 0.270. The van der Waals surface area contributed by atoms with Crippen molar-refractivity contribution in [3.05, 3.63) is 11.6 Å². The van der Waals surface area contributed by atoms with Crippen LogP contribution in [0.5, 0.6) is 0 Å². The fourth-order valence-corrected chi connectivity index (χ4v) is 1.89. The summed E-state index contributed by atoms with van der Waals surface area (Å²) < 4.78 is 0. The summed E-state index contributed by atoms with van der Waals surface area (Å²) in [7, 11) is 0. The third-order valence-electron chi connectivity index (χ3n) is 2.88. The molecule has 2 rings (SSSR count). The first-order valence-electron chi connectivity index (χ1n) is 4.84. The first kappa shape index (κ1) is 8.03. The summed E-state index contributed by atoms with van der Waals surface area (Å²) in [5.41, 5.74) is 1.41. The van der Waals surface area contributed by atoms with Crippen molar-refractivity contribution < 1.29 is 4.79 Å². The van der Waals surface area contributed by atoms with Gasteiger partial charge in [-0.25, -0.2) is 0 Å². The molecular weight excluding hydrogens is 148 g/mol. The van der Waals surface area contributed by atoms with Gasteiger partial charge in [-0.05, 0) is 36.2 Å². The molecule has 12 heavy (non-hydrogen) atoms. The van der Waals surface area contributed by atoms with E-state index in [1.807, 2.05) is 0 Å². The predicted octanol–water partition coefficient (Wildman–Crippen LogP) is 2.71. The van der Waals surface area contributed by atoms with Crippen molar-refractivity contribution in [1.29, 1.82) is 0 Å². The molecule has 1 heteroatoms. The average molecular weight is 164 g/mol. The summed E-state index contributed by atoms with van der Waals surface area (Å²) in [5.74, 6) is 1.05. The molecule has 0 N–H and O–H groups in total. The highest BCUT2D eigenvalue weighted by atomic mass is 16.1. The van der Waals surface area contributed by atoms with Crippen LogP contribution in [0, 0.1) is 11.3 Å². The lowest BCUT2D eigenvalue weighted by atomic mass is 9.78. The molecule has 66 valence electrons. The maximum atomic E-state index is 11.5. The Morgan fingerprint density at radius 3 is 2.67 bits per heavy atom. The van der Waals surface area contributed by atoms with Gasteiger partial charge in [0.1, 0.15) is 0 Å². The maximum Gasteiger partial charge on any atom is 0.158 e. The second kappa shape index (κ2) is 2.45. The lowest BCUT2D eigenvalue weighted by Gasteiger charge is -2.26. The highest BCUT2D eigenvalue weighted by Gasteiger charge is 2.35. The van der Waals surface area contributed by atoms with E-state index in [4.69, 9.17) is 0 Å². The zero-order chi connectivity index (χ0) is 8.77. The molecule has 0 aromatic rings. The number of Topliss-reactive ketones (excluding diaryl/α,β-unsaturated/α-hetero) is 1. The lowest BCUT2D eigenvalue weighted by Crippen LogP contribution is -2.20. The molecule has 0 saturated heterocycles. The van der Waals surface area contributed by atoms with Crippen LogP contribution in [0.3, 0.4) is 0 Å². The van der Waals surface area contributed by atoms with Crippen molar-refractivity contribution >= 4 is 5.78 Å². The first-order valence-corrected chi connectivity index (χ1v) is 4.84. The van der Waals surface area contributed by atoms with E-state index in [1.165, 1.54) is 12.8 Å². The minimum Gasteiger partial charge on any atom is -0.295 e. The highest BCUT2D eigenvalue weighted by molar-refractivity contribution is 5.97. The Labute approximate surface area is 73.8 Å². The standard InChI is InChI=1S/C11H16O/c1-11(2)6-5-10(12)9(7-11)8-3-4-8/h7-8H,3-6H2,1-2H3. The van der Waals surface area contributed by atoms with Crippen LogP contribution in [0.2, 0.25) is 0 Å². The van der Waals surface area contributed by atoms with E-state index in [-0.39, 0.29) is 5.41 Å². The Morgan fingerprint density at radius 2 is 2.08 bits per heavy atom. The number of rotatable bonds is 1. The zero-order valence-electron chi connectivity index (χ0n) is 7.89. The van der Waals surface area contributed by atoms with E-state index in [1.54, 1.807) is 0 Å². The van der Waals surface area contributed by atoms with Crippen molar-refractivity contribution in [3.8, 4) is 0 Å². The highest BCUT2D eigenvalue weighted by Crippen LogP contribution is 2.43. The maximum absolute atomic E-state index is 11.5. The molecule has 0 aromatic carbocycles. The second-order valence-corrected chi connectivity index (χ2v) is 4.79. The molecule has 0 amide bonds. The quantitative estimate of drug-likeness (QED) is 0.582. The van der Waals surface area contributed by atoms with Gasteiger partial charge in [-0.2, -0.15) is 0 Å². The number of ketones is 1. The summed E-state index contributed by atoms with van der Waals surface area (Å²) >= 11 is 0. The Bertz CT molecular complexity index is 244. The molecular formula is C11H16O. The number of allylic oxidation sites excluding steroid dienone is 2. The molecule has 0 heterocycles. The zero-order valence-corrected chi connectivity index (χ0v) is 7.89. The lowest BCUT2D eigenvalue weighted by molar-refractivity contribution is -0.116. The van der Waals surface area contributed by atoms with Crippen LogP contribution in [0.1, 0.15) is 39.5 Å². The molecule has 1 saturated carbocycles. The first-order chi connectivity index (χ1) is 5.58. The van der Waals surface area contributed by atoms with Crippen LogP contribution in [-0.4, -0.2) is 5.78 Å². The summed E-state index contributed by atoms with van der Waals surface area (Å²) in [5, 5.41) is 0. The molecule has 0 spiro atoms. The van der Waals surface area contributed by atoms with E-state index in [2.05, 4.69) is 19.9 Å². The third-order valence-corrected chi connectivity index (χ3v) is 2.88. The van der Waals surface area contributed by atoms with Crippen molar-refractivity contribution in [2.45, 2.75) is 39.5 Å². The van der Waals surface area contributed by atoms with Gasteiger partial charge >= 0.3 is 0 Å². The van der Waals surface area contributed by atoms with Crippen LogP contribution in [0.4, 0.5) is 0 Å². The van der Waals surface area contributed by atoms with Gasteiger partial charge in [0, 0.05) is 6.42 Å². The smallest absolute Gasteiger partial charge is 0.158 e. The van der Waals surface area contributed by atoms with E-state index < -0.39 is 0 Å². The van der Waals surface area contributed by atoms with Crippen molar-refractivity contribution in [1.82, 2.24) is 0 Å². The molecule has 0 aromatic heterocycles. The Kier molecular flexibility index (Phi) is 1.64. The van der Waals surface area contributed by atoms with Crippen molar-refractivity contribution in [3.63, 3.8) is 0 Å². The van der Waals surface area contributed by atoms with Gasteiger partial charge < -0.3 is 0 Å². The molecule has 0 aliphatic heterocycles. The summed E-state index contributed by atoms with van der Waals surface area (Å²) in [4.78, 5) is 11.5. The molecule has 1 fully saturated rings. The Balaban J connectivity index is 2.25. The normalized spacial score (nSPS) is 28.5. The van der Waals surface area contributed by atoms with Gasteiger partial charge in [0.05, 0.1) is 0 Å². The topological polar surface area (TPSA) is 17.1 Å². The molecule has 2 aliphatic carbocycles. The Morgan fingerprint density at radius 1 is 1.42 bits per heavy atom. The molecule has 1 nitrogen and oxygen atoms in total. The van der Waals surface area contributed by atoms with Gasteiger partial charge in [-0.1, -0.05) is 19.9 Å². The minimum atomic E-state index is 0.270. The largest absolute Gasteiger partial charge is 0.295 e. The van der Waals surface area contributed by atoms with Gasteiger partial charge in [-0.3, -0.25) is 4.79 Å². The van der Waals surface area contributed by atoms with E-state index >= 15 is 0 Å². The fourth-order valence-electron chi connectivity index (χ4n) is 1.89. The molecule has 2 aliphatic rings. The van der Waals surface area contributed by atoms with Gasteiger partial charge in [-0.15, -0.1) is 0 Å². The average Bonchev–Trinajstić information content (AvgIpc) is 2.76. The van der Waals surface area contributed by atoms with E-state index in [0.29, 0.717) is 11.7 Å². The van der Waals surface area contributed by atoms with Gasteiger partial charge in [0.15, 0.2) is 5.78 Å². The Hall–Kier alpha value is -0.590. The van der Waals surface area contributed by atoms with E-state index in [0.717, 1.165) is 18.4 Å². The number of hydrogen-bond donors (Lipinski definition) is 0. The van der Waals surface area contributed by atoms with Gasteiger partial charge in [0.25, 0.3) is 0 Å². The van der Waals surface area contributed by atoms with Crippen molar-refractivity contribution in [2.24, 2.45) is 11.3 Å². The van der Waals surface area contributed by atoms with Crippen LogP contribution in [-0.2, 0) is 4.79 Å². The second-order valence-electron chi connectivity index (χ2n) is 4.79. The third kappa shape index (κ3) is 1.45. The SMILES string of the molecule is CC1(C)C=C(C2CC2)C(=O)CC1. The van der Waals surface area contributed by atoms with Crippen molar-refractivity contribution in [2.75, 3.05) is 0 Å². The van der Waals surface area contributed by atoms with E-state index in [9.17, 15) is 4.79 Å². The monoisotopic (exact) mass is 164 g/mol. The summed E-state index contributed by atoms with van der Waals surface area (Å²) in [6, 6.07) is 0. The number of carbonyl (C=O) groups excluding carboxylic acids is 1. The van der Waals surface area contributed by atoms with Crippen LogP contribution >= 0.6 is 0 Å². The molecule has 0 atom stereocenters. The molecule has 0 radical (unpaired) electrons. The summed E-state index contributed by atoms with van der Waals surface area (Å²) in [6.45, 7) is 4.45. The fraction of sp³-hybridized carbons (Fsp3) is 0.727. The number of carbonyl (C=O) groups is 1. The van der Waals surface area contributed by atoms with Crippen LogP contribution in [0.25, 0.3) is 0 Å². The van der Waals surface area contributed by atoms with Gasteiger partial charge in [0.2, 0.25) is 0 Å². The predicted molar refractivity (Wildman–Crippen MR) is 48.8 cm³/mol.